The van der Waals surface area contributed by atoms with E-state index in [1.165, 1.54) is 0 Å². The number of carboxylic acid groups (broad SMARTS) is 1. The molecule has 0 unspecified atom stereocenters. The Morgan fingerprint density at radius 3 is 2.00 bits per heavy atom. The van der Waals surface area contributed by atoms with E-state index in [1.54, 1.807) is 6.20 Å². The van der Waals surface area contributed by atoms with Gasteiger partial charge in [-0.15, -0.1) is 0 Å². The lowest BCUT2D eigenvalue weighted by atomic mass is 9.89. The number of amides is 1. The number of hydrogen-bond donors (Lipinski definition) is 2. The minimum Gasteiger partial charge on any atom is -0.481 e. The molecule has 43 heavy (non-hydrogen) atoms. The van der Waals surface area contributed by atoms with Crippen LogP contribution in [-0.2, 0) is 26.8 Å². The Hall–Kier alpha value is -3.49. The third kappa shape index (κ3) is 10.6. The molecular weight excluding hydrogens is 556 g/mol. The van der Waals surface area contributed by atoms with Crippen molar-refractivity contribution in [2.75, 3.05) is 0 Å². The second-order valence-electron chi connectivity index (χ2n) is 13.7. The summed E-state index contributed by atoms with van der Waals surface area (Å²) in [4.78, 5) is 30.2. The van der Waals surface area contributed by atoms with Gasteiger partial charge in [0.2, 0.25) is 0 Å². The summed E-state index contributed by atoms with van der Waals surface area (Å²) in [5.41, 5.74) is 3.09. The summed E-state index contributed by atoms with van der Waals surface area (Å²) in [7, 11) is -2.38. The molecule has 0 aliphatic heterocycles. The summed E-state index contributed by atoms with van der Waals surface area (Å²) < 4.78 is 12.6. The highest BCUT2D eigenvalue weighted by atomic mass is 28.4. The van der Waals surface area contributed by atoms with Gasteiger partial charge < -0.3 is 19.6 Å². The van der Waals surface area contributed by atoms with Crippen molar-refractivity contribution in [1.82, 2.24) is 10.3 Å². The first-order valence-electron chi connectivity index (χ1n) is 15.0. The Morgan fingerprint density at radius 1 is 0.860 bits per heavy atom. The molecule has 2 N–H and O–H groups in total. The van der Waals surface area contributed by atoms with E-state index in [4.69, 9.17) is 9.16 Å². The molecule has 3 rings (SSSR count). The van der Waals surface area contributed by atoms with Gasteiger partial charge in [0.1, 0.15) is 5.60 Å². The quantitative estimate of drug-likeness (QED) is 0.204. The van der Waals surface area contributed by atoms with E-state index in [9.17, 15) is 14.7 Å². The number of ether oxygens (including phenoxy) is 1. The second kappa shape index (κ2) is 14.3. The molecule has 0 fully saturated rings. The number of aliphatic carboxylic acids is 1. The number of nitrogens with zero attached hydrogens (tertiary/aromatic N) is 1. The number of pyridine rings is 1. The summed E-state index contributed by atoms with van der Waals surface area (Å²) in [5.74, 6) is -1.62. The SMILES string of the molecule is CC(C)(C)OC(=O)N[C@@H](Cc1ccccc1)[C@H](C[C@H](Cc1ccc(-c2ccccn2)cc1)C(=O)O)O[Si](C)(C)C(C)(C)C. The molecular formula is C35H48N2O5Si. The molecule has 0 aliphatic carbocycles. The molecule has 0 spiro atoms. The Bertz CT molecular complexity index is 1320. The van der Waals surface area contributed by atoms with Crippen LogP contribution in [0.2, 0.25) is 18.1 Å². The van der Waals surface area contributed by atoms with E-state index < -0.39 is 44.0 Å². The van der Waals surface area contributed by atoms with Gasteiger partial charge in [-0.05, 0) is 81.4 Å². The molecule has 0 saturated heterocycles. The zero-order valence-electron chi connectivity index (χ0n) is 26.9. The second-order valence-corrected chi connectivity index (χ2v) is 18.5. The number of alkyl carbamates (subject to hydrolysis) is 1. The molecule has 1 heterocycles. The highest BCUT2D eigenvalue weighted by Crippen LogP contribution is 2.39. The largest absolute Gasteiger partial charge is 0.481 e. The third-order valence-electron chi connectivity index (χ3n) is 7.96. The number of aromatic nitrogens is 1. The minimum atomic E-state index is -2.38. The number of carboxylic acids is 1. The van der Waals surface area contributed by atoms with Crippen LogP contribution < -0.4 is 5.32 Å². The number of carbonyl (C=O) groups excluding carboxylic acids is 1. The highest BCUT2D eigenvalue weighted by Gasteiger charge is 2.42. The van der Waals surface area contributed by atoms with Gasteiger partial charge in [-0.2, -0.15) is 0 Å². The van der Waals surface area contributed by atoms with Gasteiger partial charge in [-0.3, -0.25) is 9.78 Å². The molecule has 3 aromatic rings. The van der Waals surface area contributed by atoms with Crippen LogP contribution in [0.5, 0.6) is 0 Å². The molecule has 3 atom stereocenters. The fourth-order valence-electron chi connectivity index (χ4n) is 4.63. The van der Waals surface area contributed by atoms with Gasteiger partial charge in [-0.25, -0.2) is 4.79 Å². The topological polar surface area (TPSA) is 97.8 Å². The van der Waals surface area contributed by atoms with Crippen LogP contribution in [-0.4, -0.2) is 48.2 Å². The monoisotopic (exact) mass is 604 g/mol. The number of nitrogens with one attached hydrogen (secondary N) is 1. The zero-order chi connectivity index (χ0) is 31.8. The molecule has 7 nitrogen and oxygen atoms in total. The molecule has 0 saturated carbocycles. The molecule has 0 aliphatic rings. The Labute approximate surface area is 258 Å². The first-order chi connectivity index (χ1) is 20.0. The van der Waals surface area contributed by atoms with Gasteiger partial charge in [0, 0.05) is 11.8 Å². The van der Waals surface area contributed by atoms with Crippen LogP contribution in [0, 0.1) is 5.92 Å². The lowest BCUT2D eigenvalue weighted by molar-refractivity contribution is -0.142. The molecule has 1 amide bonds. The van der Waals surface area contributed by atoms with Crippen molar-refractivity contribution in [2.45, 2.75) is 96.7 Å². The minimum absolute atomic E-state index is 0.117. The van der Waals surface area contributed by atoms with E-state index in [-0.39, 0.29) is 11.5 Å². The van der Waals surface area contributed by atoms with Crippen LogP contribution in [0.25, 0.3) is 11.3 Å². The van der Waals surface area contributed by atoms with Gasteiger partial charge >= 0.3 is 12.1 Å². The van der Waals surface area contributed by atoms with E-state index in [1.807, 2.05) is 93.6 Å². The number of carbonyl (C=O) groups is 2. The normalized spacial score (nSPS) is 14.4. The van der Waals surface area contributed by atoms with Crippen molar-refractivity contribution >= 4 is 20.4 Å². The molecule has 1 aromatic heterocycles. The lowest BCUT2D eigenvalue weighted by Gasteiger charge is -2.42. The maximum Gasteiger partial charge on any atom is 0.407 e. The van der Waals surface area contributed by atoms with E-state index in [2.05, 4.69) is 44.2 Å². The lowest BCUT2D eigenvalue weighted by Crippen LogP contribution is -2.54. The van der Waals surface area contributed by atoms with Gasteiger partial charge in [0.15, 0.2) is 8.32 Å². The van der Waals surface area contributed by atoms with Crippen molar-refractivity contribution < 1.29 is 23.9 Å². The first-order valence-corrected chi connectivity index (χ1v) is 17.9. The molecule has 0 bridgehead atoms. The van der Waals surface area contributed by atoms with Crippen molar-refractivity contribution in [2.24, 2.45) is 5.92 Å². The Balaban J connectivity index is 1.94. The van der Waals surface area contributed by atoms with Gasteiger partial charge in [-0.1, -0.05) is 81.4 Å². The molecule has 0 radical (unpaired) electrons. The number of rotatable bonds is 12. The molecule has 2 aromatic carbocycles. The maximum atomic E-state index is 13.1. The van der Waals surface area contributed by atoms with E-state index in [0.717, 1.165) is 22.4 Å². The fourth-order valence-corrected chi connectivity index (χ4v) is 6.00. The number of hydrogen-bond acceptors (Lipinski definition) is 5. The van der Waals surface area contributed by atoms with Crippen LogP contribution in [0.3, 0.4) is 0 Å². The zero-order valence-corrected chi connectivity index (χ0v) is 27.9. The summed E-state index contributed by atoms with van der Waals surface area (Å²) >= 11 is 0. The predicted octanol–water partition coefficient (Wildman–Crippen LogP) is 7.91. The van der Waals surface area contributed by atoms with Crippen molar-refractivity contribution in [3.05, 3.63) is 90.1 Å². The summed E-state index contributed by atoms with van der Waals surface area (Å²) in [6.07, 6.45) is 1.70. The molecule has 8 heteroatoms. The Kier molecular flexibility index (Phi) is 11.3. The van der Waals surface area contributed by atoms with Crippen molar-refractivity contribution in [1.29, 1.82) is 0 Å². The molecule has 232 valence electrons. The van der Waals surface area contributed by atoms with Crippen LogP contribution in [0.4, 0.5) is 4.79 Å². The van der Waals surface area contributed by atoms with Crippen molar-refractivity contribution in [3.8, 4) is 11.3 Å². The van der Waals surface area contributed by atoms with Gasteiger partial charge in [0.05, 0.1) is 23.8 Å². The van der Waals surface area contributed by atoms with Gasteiger partial charge in [0.25, 0.3) is 0 Å². The van der Waals surface area contributed by atoms with Crippen LogP contribution in [0.15, 0.2) is 79.0 Å². The van der Waals surface area contributed by atoms with E-state index >= 15 is 0 Å². The predicted molar refractivity (Wildman–Crippen MR) is 174 cm³/mol. The van der Waals surface area contributed by atoms with Crippen LogP contribution >= 0.6 is 0 Å². The average molecular weight is 605 g/mol. The fraction of sp³-hybridized carbons (Fsp3) is 0.457. The first kappa shape index (κ1) is 34.0. The summed E-state index contributed by atoms with van der Waals surface area (Å²) in [6.45, 7) is 16.2. The van der Waals surface area contributed by atoms with E-state index in [0.29, 0.717) is 12.8 Å². The number of benzene rings is 2. The van der Waals surface area contributed by atoms with Crippen LogP contribution in [0.1, 0.15) is 59.1 Å². The average Bonchev–Trinajstić information content (AvgIpc) is 2.91. The maximum absolute atomic E-state index is 13.1. The summed E-state index contributed by atoms with van der Waals surface area (Å²) in [6, 6.07) is 23.0. The smallest absolute Gasteiger partial charge is 0.407 e. The van der Waals surface area contributed by atoms with Crippen molar-refractivity contribution in [3.63, 3.8) is 0 Å². The Morgan fingerprint density at radius 2 is 1.47 bits per heavy atom. The standard InChI is InChI=1S/C35H48N2O5Si/c1-34(2,3)41-33(40)37-30(23-25-14-10-9-11-15-25)31(42-43(7,8)35(4,5)6)24-28(32(38)39)22-26-17-19-27(20-18-26)29-16-12-13-21-36-29/h9-21,28,30-31H,22-24H2,1-8H3,(H,37,40)(H,38,39)/t28-,30-,31-/m0/s1. The summed E-state index contributed by atoms with van der Waals surface area (Å²) in [5, 5.41) is 13.4. The third-order valence-corrected chi connectivity index (χ3v) is 12.5. The highest BCUT2D eigenvalue weighted by molar-refractivity contribution is 6.74.